The monoisotopic (exact) mass is 406 g/mol. The largest absolute Gasteiger partial charge is 0.283 e. The average Bonchev–Trinajstić information content (AvgIpc) is 2.62. The zero-order chi connectivity index (χ0) is 19.7. The van der Waals surface area contributed by atoms with Gasteiger partial charge in [0.1, 0.15) is 5.84 Å². The summed E-state index contributed by atoms with van der Waals surface area (Å²) in [7, 11) is -7.83. The Morgan fingerprint density at radius 2 is 1.30 bits per heavy atom. The fraction of sp³-hybridized carbons (Fsp3) is 0.316. The number of rotatable bonds is 4. The number of piperidine rings is 1. The third kappa shape index (κ3) is 4.22. The fourth-order valence-electron chi connectivity index (χ4n) is 2.88. The second-order valence-electron chi connectivity index (χ2n) is 6.64. The molecule has 1 fully saturated rings. The number of hydrogen-bond acceptors (Lipinski definition) is 4. The quantitative estimate of drug-likeness (QED) is 0.780. The standard InChI is InChI=1S/C19H22N2O4S2/c1-15-6-10-17(11-7-15)26(22,23)20-19-5-3-4-14-21(19)27(24,25)18-12-8-16(2)9-13-18/h6-13H,3-5,14H2,1-2H3/b20-19+. The van der Waals surface area contributed by atoms with Crippen LogP contribution in [0.3, 0.4) is 0 Å². The van der Waals surface area contributed by atoms with Gasteiger partial charge in [0.2, 0.25) is 0 Å². The summed E-state index contributed by atoms with van der Waals surface area (Å²) in [5, 5.41) is 0. The maximum Gasteiger partial charge on any atom is 0.283 e. The van der Waals surface area contributed by atoms with Crippen LogP contribution in [0.1, 0.15) is 30.4 Å². The third-order valence-corrected chi connectivity index (χ3v) is 7.61. The molecule has 0 radical (unpaired) electrons. The molecular formula is C19H22N2O4S2. The number of hydrogen-bond donors (Lipinski definition) is 0. The molecule has 1 heterocycles. The zero-order valence-corrected chi connectivity index (χ0v) is 16.9. The van der Waals surface area contributed by atoms with Crippen molar-refractivity contribution in [1.29, 1.82) is 0 Å². The Labute approximate surface area is 160 Å². The van der Waals surface area contributed by atoms with Gasteiger partial charge in [0, 0.05) is 13.0 Å². The molecule has 1 saturated heterocycles. The van der Waals surface area contributed by atoms with E-state index in [4.69, 9.17) is 0 Å². The van der Waals surface area contributed by atoms with E-state index in [0.29, 0.717) is 19.3 Å². The minimum absolute atomic E-state index is 0.0545. The Hall–Kier alpha value is -2.19. The molecule has 1 aliphatic rings. The molecule has 0 atom stereocenters. The Morgan fingerprint density at radius 1 is 0.778 bits per heavy atom. The van der Waals surface area contributed by atoms with Crippen molar-refractivity contribution in [2.45, 2.75) is 42.9 Å². The Bertz CT molecular complexity index is 1060. The van der Waals surface area contributed by atoms with Gasteiger partial charge in [-0.05, 0) is 51.0 Å². The first-order valence-electron chi connectivity index (χ1n) is 8.70. The lowest BCUT2D eigenvalue weighted by atomic mass is 10.1. The molecule has 0 unspecified atom stereocenters. The summed E-state index contributed by atoms with van der Waals surface area (Å²) in [6, 6.07) is 12.8. The van der Waals surface area contributed by atoms with Crippen molar-refractivity contribution in [3.8, 4) is 0 Å². The van der Waals surface area contributed by atoms with Gasteiger partial charge in [0.05, 0.1) is 9.79 Å². The lowest BCUT2D eigenvalue weighted by molar-refractivity contribution is 0.478. The van der Waals surface area contributed by atoms with Gasteiger partial charge in [-0.2, -0.15) is 8.42 Å². The second-order valence-corrected chi connectivity index (χ2v) is 10.1. The van der Waals surface area contributed by atoms with Crippen molar-refractivity contribution in [2.75, 3.05) is 6.54 Å². The van der Waals surface area contributed by atoms with E-state index in [1.165, 1.54) is 24.3 Å². The molecule has 3 rings (SSSR count). The van der Waals surface area contributed by atoms with E-state index in [-0.39, 0.29) is 22.2 Å². The SMILES string of the molecule is Cc1ccc(S(=O)(=O)/N=C2\CCCCN2S(=O)(=O)c2ccc(C)cc2)cc1. The molecule has 0 aromatic heterocycles. The van der Waals surface area contributed by atoms with E-state index < -0.39 is 20.0 Å². The highest BCUT2D eigenvalue weighted by Gasteiger charge is 2.31. The Kier molecular flexibility index (Phi) is 5.39. The van der Waals surface area contributed by atoms with E-state index in [1.54, 1.807) is 24.3 Å². The molecule has 1 aliphatic heterocycles. The van der Waals surface area contributed by atoms with Gasteiger partial charge in [-0.3, -0.25) is 4.31 Å². The Balaban J connectivity index is 2.01. The van der Waals surface area contributed by atoms with E-state index >= 15 is 0 Å². The molecule has 0 aliphatic carbocycles. The topological polar surface area (TPSA) is 83.9 Å². The van der Waals surface area contributed by atoms with Crippen LogP contribution in [0.15, 0.2) is 62.7 Å². The van der Waals surface area contributed by atoms with E-state index in [1.807, 2.05) is 13.8 Å². The van der Waals surface area contributed by atoms with Crippen molar-refractivity contribution in [2.24, 2.45) is 4.40 Å². The molecule has 0 spiro atoms. The molecule has 2 aromatic carbocycles. The molecule has 2 aromatic rings. The lowest BCUT2D eigenvalue weighted by Gasteiger charge is -2.29. The minimum atomic E-state index is -3.98. The highest BCUT2D eigenvalue weighted by molar-refractivity contribution is 7.91. The number of sulfonamides is 2. The van der Waals surface area contributed by atoms with Gasteiger partial charge in [0.25, 0.3) is 20.0 Å². The van der Waals surface area contributed by atoms with Gasteiger partial charge in [0.15, 0.2) is 0 Å². The maximum absolute atomic E-state index is 13.0. The van der Waals surface area contributed by atoms with E-state index in [2.05, 4.69) is 4.40 Å². The summed E-state index contributed by atoms with van der Waals surface area (Å²) in [4.78, 5) is 0.189. The van der Waals surface area contributed by atoms with Gasteiger partial charge in [-0.25, -0.2) is 8.42 Å². The first-order chi connectivity index (χ1) is 12.7. The van der Waals surface area contributed by atoms with Gasteiger partial charge in [-0.1, -0.05) is 35.4 Å². The summed E-state index contributed by atoms with van der Waals surface area (Å²) in [5.74, 6) is 0.0717. The van der Waals surface area contributed by atoms with Crippen molar-refractivity contribution in [3.05, 3.63) is 59.7 Å². The lowest BCUT2D eigenvalue weighted by Crippen LogP contribution is -2.40. The summed E-state index contributed by atoms with van der Waals surface area (Å²) in [5.41, 5.74) is 1.88. The van der Waals surface area contributed by atoms with Gasteiger partial charge in [-0.15, -0.1) is 4.40 Å². The number of benzene rings is 2. The molecule has 6 nitrogen and oxygen atoms in total. The third-order valence-electron chi connectivity index (χ3n) is 4.45. The highest BCUT2D eigenvalue weighted by atomic mass is 32.2. The van der Waals surface area contributed by atoms with Crippen LogP contribution in [-0.4, -0.2) is 33.5 Å². The Morgan fingerprint density at radius 3 is 1.85 bits per heavy atom. The molecular weight excluding hydrogens is 384 g/mol. The molecule has 0 bridgehead atoms. The number of nitrogens with zero attached hydrogens (tertiary/aromatic N) is 2. The van der Waals surface area contributed by atoms with Crippen molar-refractivity contribution in [3.63, 3.8) is 0 Å². The van der Waals surface area contributed by atoms with Crippen LogP contribution in [0.2, 0.25) is 0 Å². The molecule has 0 saturated carbocycles. The summed E-state index contributed by atoms with van der Waals surface area (Å²) >= 11 is 0. The summed E-state index contributed by atoms with van der Waals surface area (Å²) < 4.78 is 56.4. The summed E-state index contributed by atoms with van der Waals surface area (Å²) in [6.45, 7) is 3.95. The molecule has 144 valence electrons. The second kappa shape index (κ2) is 7.44. The van der Waals surface area contributed by atoms with Crippen LogP contribution in [-0.2, 0) is 20.0 Å². The van der Waals surface area contributed by atoms with E-state index in [0.717, 1.165) is 15.4 Å². The van der Waals surface area contributed by atoms with Crippen LogP contribution >= 0.6 is 0 Å². The molecule has 27 heavy (non-hydrogen) atoms. The molecule has 0 amide bonds. The summed E-state index contributed by atoms with van der Waals surface area (Å²) in [6.07, 6.45) is 1.66. The van der Waals surface area contributed by atoms with Crippen LogP contribution in [0, 0.1) is 13.8 Å². The predicted octanol–water partition coefficient (Wildman–Crippen LogP) is 3.27. The normalized spacial score (nSPS) is 17.3. The number of amidine groups is 1. The first kappa shape index (κ1) is 19.6. The fourth-order valence-corrected chi connectivity index (χ4v) is 5.50. The van der Waals surface area contributed by atoms with E-state index in [9.17, 15) is 16.8 Å². The molecule has 8 heteroatoms. The first-order valence-corrected chi connectivity index (χ1v) is 11.6. The number of aryl methyl sites for hydroxylation is 2. The van der Waals surface area contributed by atoms with Crippen LogP contribution in [0.25, 0.3) is 0 Å². The smallest absolute Gasteiger partial charge is 0.253 e. The van der Waals surface area contributed by atoms with Crippen molar-refractivity contribution < 1.29 is 16.8 Å². The van der Waals surface area contributed by atoms with Crippen LogP contribution < -0.4 is 0 Å². The minimum Gasteiger partial charge on any atom is -0.253 e. The average molecular weight is 407 g/mol. The van der Waals surface area contributed by atoms with Crippen molar-refractivity contribution >= 4 is 25.9 Å². The van der Waals surface area contributed by atoms with Crippen LogP contribution in [0.4, 0.5) is 0 Å². The zero-order valence-electron chi connectivity index (χ0n) is 15.3. The van der Waals surface area contributed by atoms with Crippen LogP contribution in [0.5, 0.6) is 0 Å². The predicted molar refractivity (Wildman–Crippen MR) is 105 cm³/mol. The maximum atomic E-state index is 13.0. The molecule has 0 N–H and O–H groups in total. The van der Waals surface area contributed by atoms with Gasteiger partial charge < -0.3 is 0 Å². The van der Waals surface area contributed by atoms with Gasteiger partial charge >= 0.3 is 0 Å². The highest BCUT2D eigenvalue weighted by Crippen LogP contribution is 2.24. The van der Waals surface area contributed by atoms with Crippen molar-refractivity contribution in [1.82, 2.24) is 4.31 Å².